The topological polar surface area (TPSA) is 78.3 Å². The Kier molecular flexibility index (Phi) is 3.97. The number of primary amides is 1. The van der Waals surface area contributed by atoms with Crippen molar-refractivity contribution in [1.29, 1.82) is 0 Å². The van der Waals surface area contributed by atoms with Crippen LogP contribution in [0, 0.1) is 0 Å². The van der Waals surface area contributed by atoms with Crippen LogP contribution in [0.15, 0.2) is 18.2 Å². The Balaban J connectivity index is 2.95. The molecule has 0 aliphatic rings. The number of anilines is 1. The maximum Gasteiger partial charge on any atom is 0.416 e. The van der Waals surface area contributed by atoms with Crippen molar-refractivity contribution in [3.05, 3.63) is 29.3 Å². The summed E-state index contributed by atoms with van der Waals surface area (Å²) in [7, 11) is 0. The number of ether oxygens (including phenoxy) is 1. The number of amides is 1. The second-order valence-corrected chi connectivity index (χ2v) is 4.77. The molecule has 0 bridgehead atoms. The van der Waals surface area contributed by atoms with E-state index in [1.165, 1.54) is 6.07 Å². The number of hydrogen-bond acceptors (Lipinski definition) is 3. The van der Waals surface area contributed by atoms with E-state index in [0.29, 0.717) is 5.56 Å². The largest absolute Gasteiger partial charge is 0.443 e. The van der Waals surface area contributed by atoms with Crippen LogP contribution >= 0.6 is 0 Å². The van der Waals surface area contributed by atoms with E-state index in [9.17, 15) is 18.0 Å². The Bertz CT molecular complexity index is 484. The highest BCUT2D eigenvalue weighted by atomic mass is 19.4. The number of halogens is 3. The predicted molar refractivity (Wildman–Crippen MR) is 64.3 cm³/mol. The minimum Gasteiger partial charge on any atom is -0.443 e. The van der Waals surface area contributed by atoms with Gasteiger partial charge in [-0.1, -0.05) is 6.07 Å². The summed E-state index contributed by atoms with van der Waals surface area (Å²) in [6.45, 7) is 3.18. The lowest BCUT2D eigenvalue weighted by molar-refractivity contribution is -0.137. The minimum absolute atomic E-state index is 0.00373. The number of alkyl halides is 3. The van der Waals surface area contributed by atoms with Crippen molar-refractivity contribution in [3.8, 4) is 0 Å². The Labute approximate surface area is 108 Å². The average molecular weight is 276 g/mol. The number of carbonyl (C=O) groups is 1. The van der Waals surface area contributed by atoms with Crippen LogP contribution in [0.2, 0.25) is 0 Å². The molecule has 0 aliphatic carbocycles. The van der Waals surface area contributed by atoms with Gasteiger partial charge < -0.3 is 16.2 Å². The first kappa shape index (κ1) is 15.1. The summed E-state index contributed by atoms with van der Waals surface area (Å²) in [5.41, 5.74) is 9.19. The maximum absolute atomic E-state index is 12.5. The van der Waals surface area contributed by atoms with Gasteiger partial charge in [0, 0.05) is 12.1 Å². The Morgan fingerprint density at radius 1 is 1.32 bits per heavy atom. The number of carbonyl (C=O) groups excluding carboxylic acids is 1. The molecule has 0 radical (unpaired) electrons. The van der Waals surface area contributed by atoms with Gasteiger partial charge in [0.05, 0.1) is 5.56 Å². The predicted octanol–water partition coefficient (Wildman–Crippen LogP) is 2.70. The van der Waals surface area contributed by atoms with Crippen molar-refractivity contribution in [2.24, 2.45) is 5.73 Å². The molecule has 0 atom stereocenters. The molecule has 1 aromatic carbocycles. The van der Waals surface area contributed by atoms with Gasteiger partial charge in [-0.25, -0.2) is 4.79 Å². The van der Waals surface area contributed by atoms with E-state index < -0.39 is 23.4 Å². The molecule has 7 heteroatoms. The smallest absolute Gasteiger partial charge is 0.416 e. The van der Waals surface area contributed by atoms with Gasteiger partial charge in [0.1, 0.15) is 5.60 Å². The van der Waals surface area contributed by atoms with Crippen molar-refractivity contribution in [1.82, 2.24) is 0 Å². The number of hydrogen-bond donors (Lipinski definition) is 2. The lowest BCUT2D eigenvalue weighted by Gasteiger charge is -2.25. The molecule has 0 heterocycles. The van der Waals surface area contributed by atoms with Gasteiger partial charge >= 0.3 is 12.3 Å². The van der Waals surface area contributed by atoms with Gasteiger partial charge in [0.15, 0.2) is 0 Å². The fourth-order valence-corrected chi connectivity index (χ4v) is 1.70. The number of nitrogens with two attached hydrogens (primary N) is 2. The Morgan fingerprint density at radius 2 is 1.89 bits per heavy atom. The number of nitrogen functional groups attached to an aromatic ring is 1. The number of benzene rings is 1. The molecule has 106 valence electrons. The molecule has 1 rings (SSSR count). The first-order chi connectivity index (χ1) is 8.51. The molecule has 0 saturated carbocycles. The molecule has 1 amide bonds. The van der Waals surface area contributed by atoms with Crippen LogP contribution in [0.3, 0.4) is 0 Å². The molecule has 0 saturated heterocycles. The standard InChI is InChI=1S/C12H15F3N2O2/c1-11(2,19-10(17)18)6-7-3-4-8(5-9(7)16)12(13,14)15/h3-5H,6,16H2,1-2H3,(H2,17,18). The molecular weight excluding hydrogens is 261 g/mol. The van der Waals surface area contributed by atoms with E-state index in [-0.39, 0.29) is 12.1 Å². The van der Waals surface area contributed by atoms with Crippen molar-refractivity contribution in [3.63, 3.8) is 0 Å². The maximum atomic E-state index is 12.5. The highest BCUT2D eigenvalue weighted by molar-refractivity contribution is 5.65. The van der Waals surface area contributed by atoms with Gasteiger partial charge in [-0.05, 0) is 31.5 Å². The number of rotatable bonds is 3. The quantitative estimate of drug-likeness (QED) is 0.833. The SMILES string of the molecule is CC(C)(Cc1ccc(C(F)(F)F)cc1N)OC(N)=O. The van der Waals surface area contributed by atoms with Gasteiger partial charge in [-0.3, -0.25) is 0 Å². The summed E-state index contributed by atoms with van der Waals surface area (Å²) in [6, 6.07) is 3.06. The van der Waals surface area contributed by atoms with E-state index in [1.807, 2.05) is 0 Å². The fourth-order valence-electron chi connectivity index (χ4n) is 1.70. The van der Waals surface area contributed by atoms with Crippen molar-refractivity contribution >= 4 is 11.8 Å². The van der Waals surface area contributed by atoms with Crippen LogP contribution in [0.4, 0.5) is 23.7 Å². The first-order valence-electron chi connectivity index (χ1n) is 5.45. The van der Waals surface area contributed by atoms with Crippen LogP contribution in [-0.2, 0) is 17.3 Å². The molecule has 0 spiro atoms. The minimum atomic E-state index is -4.44. The summed E-state index contributed by atoms with van der Waals surface area (Å²) in [6.07, 6.45) is -5.22. The molecule has 0 unspecified atom stereocenters. The van der Waals surface area contributed by atoms with Gasteiger partial charge in [0.25, 0.3) is 0 Å². The third kappa shape index (κ3) is 4.35. The van der Waals surface area contributed by atoms with Gasteiger partial charge in [0.2, 0.25) is 0 Å². The summed E-state index contributed by atoms with van der Waals surface area (Å²) in [5.74, 6) is 0. The molecular formula is C12H15F3N2O2. The molecule has 4 N–H and O–H groups in total. The summed E-state index contributed by atoms with van der Waals surface area (Å²) < 4.78 is 42.3. The fraction of sp³-hybridized carbons (Fsp3) is 0.417. The summed E-state index contributed by atoms with van der Waals surface area (Å²) in [5, 5.41) is 0. The van der Waals surface area contributed by atoms with Crippen molar-refractivity contribution in [2.75, 3.05) is 5.73 Å². The van der Waals surface area contributed by atoms with Crippen molar-refractivity contribution < 1.29 is 22.7 Å². The van der Waals surface area contributed by atoms with E-state index in [0.717, 1.165) is 12.1 Å². The van der Waals surface area contributed by atoms with Crippen LogP contribution in [0.1, 0.15) is 25.0 Å². The van der Waals surface area contributed by atoms with Crippen molar-refractivity contribution in [2.45, 2.75) is 32.0 Å². The molecule has 0 fully saturated rings. The Morgan fingerprint density at radius 3 is 2.32 bits per heavy atom. The monoisotopic (exact) mass is 276 g/mol. The zero-order valence-corrected chi connectivity index (χ0v) is 10.5. The van der Waals surface area contributed by atoms with Gasteiger partial charge in [-0.15, -0.1) is 0 Å². The molecule has 1 aromatic rings. The van der Waals surface area contributed by atoms with Crippen LogP contribution in [0.25, 0.3) is 0 Å². The third-order valence-corrected chi connectivity index (χ3v) is 2.47. The average Bonchev–Trinajstić information content (AvgIpc) is 2.16. The second kappa shape index (κ2) is 4.99. The Hall–Kier alpha value is -1.92. The normalized spacial score (nSPS) is 12.3. The highest BCUT2D eigenvalue weighted by Gasteiger charge is 2.31. The summed E-state index contributed by atoms with van der Waals surface area (Å²) >= 11 is 0. The van der Waals surface area contributed by atoms with Crippen LogP contribution in [-0.4, -0.2) is 11.7 Å². The molecule has 19 heavy (non-hydrogen) atoms. The zero-order chi connectivity index (χ0) is 14.8. The molecule has 0 aliphatic heterocycles. The highest BCUT2D eigenvalue weighted by Crippen LogP contribution is 2.32. The third-order valence-electron chi connectivity index (χ3n) is 2.47. The second-order valence-electron chi connectivity index (χ2n) is 4.77. The van der Waals surface area contributed by atoms with E-state index in [2.05, 4.69) is 0 Å². The van der Waals surface area contributed by atoms with E-state index in [4.69, 9.17) is 16.2 Å². The lowest BCUT2D eigenvalue weighted by Crippen LogP contribution is -2.33. The van der Waals surface area contributed by atoms with E-state index in [1.54, 1.807) is 13.8 Å². The summed E-state index contributed by atoms with van der Waals surface area (Å²) in [4.78, 5) is 10.7. The zero-order valence-electron chi connectivity index (χ0n) is 10.5. The van der Waals surface area contributed by atoms with Crippen LogP contribution < -0.4 is 11.5 Å². The molecule has 0 aromatic heterocycles. The first-order valence-corrected chi connectivity index (χ1v) is 5.45. The van der Waals surface area contributed by atoms with Crippen LogP contribution in [0.5, 0.6) is 0 Å². The molecule has 4 nitrogen and oxygen atoms in total. The van der Waals surface area contributed by atoms with E-state index >= 15 is 0 Å². The van der Waals surface area contributed by atoms with Gasteiger partial charge in [-0.2, -0.15) is 13.2 Å². The lowest BCUT2D eigenvalue weighted by atomic mass is 9.96.